The average Bonchev–Trinajstić information content (AvgIpc) is 2.43. The SMILES string of the molecule is CC1(C)CCCCCCCCC(=O)OCCC=CCCO1. The first-order valence-corrected chi connectivity index (χ1v) is 8.55. The number of rotatable bonds is 0. The lowest BCUT2D eigenvalue weighted by Crippen LogP contribution is -2.24. The zero-order valence-electron chi connectivity index (χ0n) is 13.9. The van der Waals surface area contributed by atoms with E-state index >= 15 is 0 Å². The number of carbonyl (C=O) groups excluding carboxylic acids is 1. The minimum absolute atomic E-state index is 0.00515. The Morgan fingerprint density at radius 3 is 2.29 bits per heavy atom. The highest BCUT2D eigenvalue weighted by Crippen LogP contribution is 2.20. The molecule has 21 heavy (non-hydrogen) atoms. The summed E-state index contributed by atoms with van der Waals surface area (Å²) in [5.74, 6) is -0.0467. The van der Waals surface area contributed by atoms with Gasteiger partial charge >= 0.3 is 5.97 Å². The Morgan fingerprint density at radius 1 is 0.905 bits per heavy atom. The van der Waals surface area contributed by atoms with E-state index in [0.717, 1.165) is 38.7 Å². The van der Waals surface area contributed by atoms with Crippen molar-refractivity contribution in [1.29, 1.82) is 0 Å². The van der Waals surface area contributed by atoms with Gasteiger partial charge in [0, 0.05) is 6.42 Å². The second-order valence-corrected chi connectivity index (χ2v) is 6.50. The molecule has 0 radical (unpaired) electrons. The minimum Gasteiger partial charge on any atom is -0.465 e. The number of cyclic esters (lactones) is 1. The lowest BCUT2D eigenvalue weighted by molar-refractivity contribution is -0.143. The molecule has 1 aliphatic heterocycles. The largest absolute Gasteiger partial charge is 0.465 e. The third-order valence-electron chi connectivity index (χ3n) is 3.90. The van der Waals surface area contributed by atoms with E-state index in [2.05, 4.69) is 26.0 Å². The van der Waals surface area contributed by atoms with Crippen LogP contribution in [0.1, 0.15) is 78.1 Å². The van der Waals surface area contributed by atoms with Crippen molar-refractivity contribution in [2.45, 2.75) is 83.7 Å². The molecule has 3 nitrogen and oxygen atoms in total. The van der Waals surface area contributed by atoms with Crippen LogP contribution in [0.15, 0.2) is 12.2 Å². The molecule has 0 bridgehead atoms. The van der Waals surface area contributed by atoms with Crippen molar-refractivity contribution in [1.82, 2.24) is 0 Å². The van der Waals surface area contributed by atoms with E-state index in [4.69, 9.17) is 9.47 Å². The minimum atomic E-state index is -0.0467. The molecule has 0 aromatic heterocycles. The molecular formula is C18H32O3. The Kier molecular flexibility index (Phi) is 9.40. The van der Waals surface area contributed by atoms with Crippen LogP contribution >= 0.6 is 0 Å². The maximum absolute atomic E-state index is 11.5. The molecule has 0 aromatic rings. The zero-order valence-corrected chi connectivity index (χ0v) is 13.9. The van der Waals surface area contributed by atoms with Crippen molar-refractivity contribution >= 4 is 5.97 Å². The summed E-state index contributed by atoms with van der Waals surface area (Å²) in [7, 11) is 0. The Balaban J connectivity index is 2.33. The summed E-state index contributed by atoms with van der Waals surface area (Å²) in [5, 5.41) is 0. The van der Waals surface area contributed by atoms with E-state index in [1.807, 2.05) is 0 Å². The normalized spacial score (nSPS) is 23.8. The third kappa shape index (κ3) is 10.5. The zero-order chi connectivity index (χ0) is 15.4. The molecule has 1 aliphatic rings. The van der Waals surface area contributed by atoms with E-state index in [9.17, 15) is 4.79 Å². The van der Waals surface area contributed by atoms with E-state index in [1.54, 1.807) is 0 Å². The van der Waals surface area contributed by atoms with Gasteiger partial charge in [0.2, 0.25) is 0 Å². The van der Waals surface area contributed by atoms with Crippen molar-refractivity contribution < 1.29 is 14.3 Å². The maximum atomic E-state index is 11.5. The van der Waals surface area contributed by atoms with Gasteiger partial charge in [-0.3, -0.25) is 4.79 Å². The Bertz CT molecular complexity index is 308. The van der Waals surface area contributed by atoms with Crippen LogP contribution in [0.2, 0.25) is 0 Å². The quantitative estimate of drug-likeness (QED) is 0.476. The van der Waals surface area contributed by atoms with Gasteiger partial charge in [0.1, 0.15) is 0 Å². The third-order valence-corrected chi connectivity index (χ3v) is 3.90. The summed E-state index contributed by atoms with van der Waals surface area (Å²) in [6, 6.07) is 0. The van der Waals surface area contributed by atoms with Gasteiger partial charge in [0.25, 0.3) is 0 Å². The molecule has 0 amide bonds. The van der Waals surface area contributed by atoms with Crippen LogP contribution in [-0.2, 0) is 14.3 Å². The van der Waals surface area contributed by atoms with E-state index in [-0.39, 0.29) is 11.6 Å². The van der Waals surface area contributed by atoms with Gasteiger partial charge in [-0.25, -0.2) is 0 Å². The summed E-state index contributed by atoms with van der Waals surface area (Å²) in [6.45, 7) is 5.65. The molecule has 0 aromatic carbocycles. The van der Waals surface area contributed by atoms with E-state index < -0.39 is 0 Å². The fraction of sp³-hybridized carbons (Fsp3) is 0.833. The monoisotopic (exact) mass is 296 g/mol. The highest BCUT2D eigenvalue weighted by atomic mass is 16.5. The van der Waals surface area contributed by atoms with Crippen molar-refractivity contribution in [3.8, 4) is 0 Å². The topological polar surface area (TPSA) is 35.5 Å². The first kappa shape index (κ1) is 18.2. The molecule has 0 N–H and O–H groups in total. The summed E-state index contributed by atoms with van der Waals surface area (Å²) < 4.78 is 11.2. The molecule has 0 saturated heterocycles. The fourth-order valence-corrected chi connectivity index (χ4v) is 2.55. The summed E-state index contributed by atoms with van der Waals surface area (Å²) in [5.41, 5.74) is -0.00515. The second kappa shape index (κ2) is 10.8. The fourth-order valence-electron chi connectivity index (χ4n) is 2.55. The molecule has 1 rings (SSSR count). The lowest BCUT2D eigenvalue weighted by atomic mass is 9.99. The number of hydrogen-bond acceptors (Lipinski definition) is 3. The lowest BCUT2D eigenvalue weighted by Gasteiger charge is -2.25. The van der Waals surface area contributed by atoms with Gasteiger partial charge in [-0.15, -0.1) is 0 Å². The molecular weight excluding hydrogens is 264 g/mol. The molecule has 0 atom stereocenters. The molecule has 0 spiro atoms. The van der Waals surface area contributed by atoms with Gasteiger partial charge in [0.05, 0.1) is 18.8 Å². The van der Waals surface area contributed by atoms with Gasteiger partial charge in [-0.1, -0.05) is 44.3 Å². The van der Waals surface area contributed by atoms with Crippen molar-refractivity contribution in [2.75, 3.05) is 13.2 Å². The number of esters is 1. The molecule has 0 saturated carbocycles. The average molecular weight is 296 g/mol. The van der Waals surface area contributed by atoms with Crippen molar-refractivity contribution in [2.24, 2.45) is 0 Å². The summed E-state index contributed by atoms with van der Waals surface area (Å²) in [4.78, 5) is 11.5. The maximum Gasteiger partial charge on any atom is 0.305 e. The van der Waals surface area contributed by atoms with E-state index in [0.29, 0.717) is 13.0 Å². The Hall–Kier alpha value is -0.830. The molecule has 122 valence electrons. The first-order chi connectivity index (χ1) is 10.1. The van der Waals surface area contributed by atoms with Crippen LogP contribution in [0, 0.1) is 0 Å². The molecule has 3 heteroatoms. The summed E-state index contributed by atoms with van der Waals surface area (Å²) in [6.07, 6.45) is 14.7. The van der Waals surface area contributed by atoms with Crippen LogP contribution in [0.3, 0.4) is 0 Å². The molecule has 0 fully saturated rings. The van der Waals surface area contributed by atoms with Crippen LogP contribution in [0.5, 0.6) is 0 Å². The molecule has 0 unspecified atom stereocenters. The van der Waals surface area contributed by atoms with Crippen LogP contribution in [-0.4, -0.2) is 24.8 Å². The predicted octanol–water partition coefficient (Wildman–Crippen LogP) is 4.80. The van der Waals surface area contributed by atoms with Crippen LogP contribution < -0.4 is 0 Å². The van der Waals surface area contributed by atoms with Gasteiger partial charge < -0.3 is 9.47 Å². The second-order valence-electron chi connectivity index (χ2n) is 6.50. The number of carbonyl (C=O) groups is 1. The highest BCUT2D eigenvalue weighted by Gasteiger charge is 2.17. The molecule has 1 heterocycles. The molecule has 0 aliphatic carbocycles. The van der Waals surface area contributed by atoms with E-state index in [1.165, 1.54) is 25.7 Å². The standard InChI is InChI=1S/C18H32O3/c1-18(2)14-10-6-4-3-5-9-13-17(19)20-15-11-7-8-12-16-21-18/h7-8H,3-6,9-16H2,1-2H3. The summed E-state index contributed by atoms with van der Waals surface area (Å²) >= 11 is 0. The van der Waals surface area contributed by atoms with Crippen molar-refractivity contribution in [3.05, 3.63) is 12.2 Å². The predicted molar refractivity (Wildman–Crippen MR) is 86.3 cm³/mol. The Morgan fingerprint density at radius 2 is 1.52 bits per heavy atom. The van der Waals surface area contributed by atoms with Gasteiger partial charge in [-0.05, 0) is 39.5 Å². The van der Waals surface area contributed by atoms with Crippen molar-refractivity contribution in [3.63, 3.8) is 0 Å². The van der Waals surface area contributed by atoms with Gasteiger partial charge in [-0.2, -0.15) is 0 Å². The number of ether oxygens (including phenoxy) is 2. The number of hydrogen-bond donors (Lipinski definition) is 0. The Labute approximate surface area is 130 Å². The highest BCUT2D eigenvalue weighted by molar-refractivity contribution is 5.69. The van der Waals surface area contributed by atoms with Gasteiger partial charge in [0.15, 0.2) is 0 Å². The van der Waals surface area contributed by atoms with Crippen LogP contribution in [0.4, 0.5) is 0 Å². The first-order valence-electron chi connectivity index (χ1n) is 8.55. The smallest absolute Gasteiger partial charge is 0.305 e. The van der Waals surface area contributed by atoms with Crippen LogP contribution in [0.25, 0.3) is 0 Å².